The van der Waals surface area contributed by atoms with E-state index in [2.05, 4.69) is 10.1 Å². The highest BCUT2D eigenvalue weighted by Crippen LogP contribution is 2.31. The van der Waals surface area contributed by atoms with E-state index in [1.807, 2.05) is 6.92 Å². The van der Waals surface area contributed by atoms with Crippen LogP contribution in [-0.4, -0.2) is 16.2 Å². The van der Waals surface area contributed by atoms with Gasteiger partial charge in [-0.15, -0.1) is 0 Å². The fraction of sp³-hybridized carbons (Fsp3) is 0.714. The third kappa shape index (κ3) is 3.14. The van der Waals surface area contributed by atoms with Gasteiger partial charge in [-0.1, -0.05) is 28.4 Å². The van der Waals surface area contributed by atoms with Crippen LogP contribution < -0.4 is 5.73 Å². The van der Waals surface area contributed by atoms with Crippen molar-refractivity contribution in [2.75, 3.05) is 0 Å². The van der Waals surface area contributed by atoms with E-state index < -0.39 is 4.33 Å². The highest BCUT2D eigenvalue weighted by atomic mass is 35.5. The lowest BCUT2D eigenvalue weighted by molar-refractivity contribution is 0.365. The Morgan fingerprint density at radius 3 is 2.62 bits per heavy atom. The number of aromatic nitrogens is 2. The average molecular weight is 224 g/mol. The molecule has 0 radical (unpaired) electrons. The van der Waals surface area contributed by atoms with Crippen molar-refractivity contribution >= 4 is 23.2 Å². The van der Waals surface area contributed by atoms with E-state index in [1.54, 1.807) is 6.92 Å². The molecule has 0 bridgehead atoms. The van der Waals surface area contributed by atoms with E-state index in [1.165, 1.54) is 0 Å². The van der Waals surface area contributed by atoms with Crippen LogP contribution in [0.4, 0.5) is 0 Å². The van der Waals surface area contributed by atoms with Gasteiger partial charge in [0.1, 0.15) is 0 Å². The molecule has 0 fully saturated rings. The molecule has 1 unspecified atom stereocenters. The number of nitrogens with two attached hydrogens (primary N) is 1. The molecule has 0 aromatic carbocycles. The summed E-state index contributed by atoms with van der Waals surface area (Å²) in [6, 6.07) is -0.0117. The zero-order valence-corrected chi connectivity index (χ0v) is 8.93. The Labute approximate surface area is 86.4 Å². The van der Waals surface area contributed by atoms with Gasteiger partial charge < -0.3 is 10.3 Å². The molecule has 1 atom stereocenters. The van der Waals surface area contributed by atoms with Crippen molar-refractivity contribution in [3.05, 3.63) is 11.7 Å². The first-order valence-corrected chi connectivity index (χ1v) is 4.61. The van der Waals surface area contributed by atoms with Crippen molar-refractivity contribution in [2.24, 2.45) is 5.73 Å². The van der Waals surface area contributed by atoms with E-state index in [-0.39, 0.29) is 11.9 Å². The molecule has 0 saturated heterocycles. The van der Waals surface area contributed by atoms with Gasteiger partial charge in [-0.25, -0.2) is 0 Å². The van der Waals surface area contributed by atoms with Crippen LogP contribution in [-0.2, 0) is 10.8 Å². The maximum atomic E-state index is 5.75. The first-order valence-electron chi connectivity index (χ1n) is 3.86. The predicted molar refractivity (Wildman–Crippen MR) is 50.7 cm³/mol. The van der Waals surface area contributed by atoms with Crippen LogP contribution >= 0.6 is 23.2 Å². The topological polar surface area (TPSA) is 64.9 Å². The Morgan fingerprint density at radius 1 is 1.62 bits per heavy atom. The van der Waals surface area contributed by atoms with Gasteiger partial charge >= 0.3 is 0 Å². The zero-order chi connectivity index (χ0) is 10.1. The van der Waals surface area contributed by atoms with Gasteiger partial charge in [-0.3, -0.25) is 0 Å². The van der Waals surface area contributed by atoms with Crippen molar-refractivity contribution < 1.29 is 4.52 Å². The van der Waals surface area contributed by atoms with Crippen molar-refractivity contribution in [1.29, 1.82) is 0 Å². The normalized spacial score (nSPS) is 14.5. The quantitative estimate of drug-likeness (QED) is 0.792. The minimum atomic E-state index is -1.14. The second kappa shape index (κ2) is 3.82. The molecule has 1 aromatic rings. The lowest BCUT2D eigenvalue weighted by atomic mass is 10.2. The van der Waals surface area contributed by atoms with E-state index in [4.69, 9.17) is 33.5 Å². The summed E-state index contributed by atoms with van der Waals surface area (Å²) in [7, 11) is 0. The number of halogens is 2. The number of hydrogen-bond acceptors (Lipinski definition) is 4. The van der Waals surface area contributed by atoms with Crippen molar-refractivity contribution in [2.45, 2.75) is 30.6 Å². The van der Waals surface area contributed by atoms with Crippen molar-refractivity contribution in [3.8, 4) is 0 Å². The Hall–Kier alpha value is -0.320. The smallest absolute Gasteiger partial charge is 0.262 e. The van der Waals surface area contributed by atoms with E-state index >= 15 is 0 Å². The maximum Gasteiger partial charge on any atom is 0.262 e. The molecule has 1 heterocycles. The van der Waals surface area contributed by atoms with Crippen LogP contribution in [0.1, 0.15) is 25.6 Å². The summed E-state index contributed by atoms with van der Waals surface area (Å²) in [5.41, 5.74) is 5.56. The molecule has 0 aliphatic heterocycles. The highest BCUT2D eigenvalue weighted by molar-refractivity contribution is 6.47. The fourth-order valence-corrected chi connectivity index (χ4v) is 0.957. The number of alkyl halides is 2. The molecule has 0 spiro atoms. The van der Waals surface area contributed by atoms with Gasteiger partial charge in [0, 0.05) is 12.5 Å². The lowest BCUT2D eigenvalue weighted by Gasteiger charge is -2.04. The second-order valence-corrected chi connectivity index (χ2v) is 4.79. The Bertz CT molecular complexity index is 280. The fourth-order valence-electron chi connectivity index (χ4n) is 0.803. The predicted octanol–water partition coefficient (Wildman–Crippen LogP) is 1.61. The number of rotatable bonds is 3. The molecule has 1 aromatic heterocycles. The minimum Gasteiger partial charge on any atom is -0.336 e. The van der Waals surface area contributed by atoms with Gasteiger partial charge in [-0.2, -0.15) is 4.98 Å². The molecular weight excluding hydrogens is 213 g/mol. The highest BCUT2D eigenvalue weighted by Gasteiger charge is 2.27. The summed E-state index contributed by atoms with van der Waals surface area (Å²) in [5, 5.41) is 3.69. The van der Waals surface area contributed by atoms with Crippen molar-refractivity contribution in [3.63, 3.8) is 0 Å². The van der Waals surface area contributed by atoms with Crippen LogP contribution in [0.2, 0.25) is 0 Å². The molecule has 0 aliphatic carbocycles. The zero-order valence-electron chi connectivity index (χ0n) is 7.42. The average Bonchev–Trinajstić information content (AvgIpc) is 2.32. The lowest BCUT2D eigenvalue weighted by Crippen LogP contribution is -2.18. The monoisotopic (exact) mass is 223 g/mol. The minimum absolute atomic E-state index is 0.0117. The third-order valence-electron chi connectivity index (χ3n) is 1.35. The Kier molecular flexibility index (Phi) is 3.16. The standard InChI is InChI=1S/C7H11Cl2N3O/c1-4(10)3-5-11-6(13-12-5)7(2,8)9/h4H,3,10H2,1-2H3. The molecule has 4 nitrogen and oxygen atoms in total. The van der Waals surface area contributed by atoms with Gasteiger partial charge in [0.15, 0.2) is 10.2 Å². The second-order valence-electron chi connectivity index (χ2n) is 3.09. The summed E-state index contributed by atoms with van der Waals surface area (Å²) in [6.45, 7) is 3.43. The van der Waals surface area contributed by atoms with Crippen LogP contribution in [0.25, 0.3) is 0 Å². The Balaban J connectivity index is 2.75. The van der Waals surface area contributed by atoms with Gasteiger partial charge in [0.05, 0.1) is 0 Å². The first kappa shape index (κ1) is 10.8. The van der Waals surface area contributed by atoms with Crippen LogP contribution in [0, 0.1) is 0 Å². The van der Waals surface area contributed by atoms with Crippen LogP contribution in [0.15, 0.2) is 4.52 Å². The molecule has 0 amide bonds. The van der Waals surface area contributed by atoms with Crippen molar-refractivity contribution in [1.82, 2.24) is 10.1 Å². The molecule has 13 heavy (non-hydrogen) atoms. The van der Waals surface area contributed by atoms with Gasteiger partial charge in [0.2, 0.25) is 0 Å². The molecular formula is C7H11Cl2N3O. The van der Waals surface area contributed by atoms with E-state index in [9.17, 15) is 0 Å². The van der Waals surface area contributed by atoms with Crippen LogP contribution in [0.5, 0.6) is 0 Å². The SMILES string of the molecule is CC(N)Cc1noc(C(C)(Cl)Cl)n1. The van der Waals surface area contributed by atoms with Crippen LogP contribution in [0.3, 0.4) is 0 Å². The molecule has 0 saturated carbocycles. The molecule has 6 heteroatoms. The van der Waals surface area contributed by atoms with Gasteiger partial charge in [-0.05, 0) is 13.8 Å². The summed E-state index contributed by atoms with van der Waals surface area (Å²) >= 11 is 11.5. The summed E-state index contributed by atoms with van der Waals surface area (Å²) in [5.74, 6) is 0.726. The van der Waals surface area contributed by atoms with E-state index in [0.29, 0.717) is 12.2 Å². The number of nitrogens with zero attached hydrogens (tertiary/aromatic N) is 2. The number of hydrogen-bond donors (Lipinski definition) is 1. The molecule has 74 valence electrons. The molecule has 2 N–H and O–H groups in total. The summed E-state index contributed by atoms with van der Waals surface area (Å²) in [4.78, 5) is 4.00. The largest absolute Gasteiger partial charge is 0.336 e. The van der Waals surface area contributed by atoms with Gasteiger partial charge in [0.25, 0.3) is 5.89 Å². The van der Waals surface area contributed by atoms with E-state index in [0.717, 1.165) is 0 Å². The Morgan fingerprint density at radius 2 is 2.23 bits per heavy atom. The molecule has 0 aliphatic rings. The molecule has 1 rings (SSSR count). The maximum absolute atomic E-state index is 5.75. The summed E-state index contributed by atoms with van der Waals surface area (Å²) < 4.78 is 3.71. The summed E-state index contributed by atoms with van der Waals surface area (Å²) in [6.07, 6.45) is 0.549. The third-order valence-corrected chi connectivity index (χ3v) is 1.67. The first-order chi connectivity index (χ1) is 5.89.